The van der Waals surface area contributed by atoms with Gasteiger partial charge in [0.05, 0.1) is 12.2 Å². The molecule has 3 aliphatic rings. The number of fused-ring (bicyclic) bond motifs is 6. The fourth-order valence-corrected chi connectivity index (χ4v) is 9.81. The van der Waals surface area contributed by atoms with Gasteiger partial charge in [-0.15, -0.1) is 0 Å². The molecule has 59 heavy (non-hydrogen) atoms. The number of hydrogen-bond donors (Lipinski definition) is 0. The number of benzene rings is 6. The largest absolute Gasteiger partial charge is 0.287 e. The van der Waals surface area contributed by atoms with Gasteiger partial charge < -0.3 is 0 Å². The Hall–Kier alpha value is -6.85. The van der Waals surface area contributed by atoms with Crippen molar-refractivity contribution in [3.8, 4) is 44.9 Å². The van der Waals surface area contributed by atoms with Crippen LogP contribution in [0.3, 0.4) is 0 Å². The Labute approximate surface area is 344 Å². The van der Waals surface area contributed by atoms with E-state index in [1.165, 1.54) is 103 Å². The number of aliphatic imine (C=N–C) groups is 2. The van der Waals surface area contributed by atoms with Crippen LogP contribution in [-0.4, -0.2) is 27.9 Å². The highest BCUT2D eigenvalue weighted by Gasteiger charge is 2.39. The van der Waals surface area contributed by atoms with Crippen LogP contribution in [0.5, 0.6) is 0 Å². The molecular formula is C54H43N5. The summed E-state index contributed by atoms with van der Waals surface area (Å²) in [4.78, 5) is 22.6. The molecule has 2 fully saturated rings. The van der Waals surface area contributed by atoms with E-state index in [4.69, 9.17) is 4.98 Å². The minimum atomic E-state index is 0.401. The summed E-state index contributed by atoms with van der Waals surface area (Å²) in [6.45, 7) is 3.92. The van der Waals surface area contributed by atoms with Crippen molar-refractivity contribution in [3.05, 3.63) is 168 Å². The minimum Gasteiger partial charge on any atom is -0.287 e. The molecule has 0 N–H and O–H groups in total. The first-order valence-electron chi connectivity index (χ1n) is 20.9. The lowest BCUT2D eigenvalue weighted by Crippen LogP contribution is -1.98. The van der Waals surface area contributed by atoms with Gasteiger partial charge >= 0.3 is 0 Å². The van der Waals surface area contributed by atoms with Crippen LogP contribution in [-0.2, 0) is 6.54 Å². The Kier molecular flexibility index (Phi) is 8.88. The first kappa shape index (κ1) is 35.3. The third-order valence-corrected chi connectivity index (χ3v) is 12.8. The molecule has 5 heteroatoms. The van der Waals surface area contributed by atoms with Crippen molar-refractivity contribution in [1.82, 2.24) is 15.0 Å². The smallest absolute Gasteiger partial charge is 0.178 e. The zero-order valence-electron chi connectivity index (χ0n) is 32.9. The zero-order chi connectivity index (χ0) is 39.3. The van der Waals surface area contributed by atoms with Crippen LogP contribution in [0.2, 0.25) is 0 Å². The fraction of sp³-hybridized carbons (Fsp3) is 0.167. The molecule has 2 heterocycles. The van der Waals surface area contributed by atoms with Crippen LogP contribution in [0.15, 0.2) is 156 Å². The Morgan fingerprint density at radius 2 is 1.44 bits per heavy atom. The highest BCUT2D eigenvalue weighted by atomic mass is 14.9. The molecule has 8 aromatic rings. The third kappa shape index (κ3) is 6.57. The van der Waals surface area contributed by atoms with Crippen LogP contribution in [0.25, 0.3) is 83.3 Å². The van der Waals surface area contributed by atoms with Gasteiger partial charge in [0.25, 0.3) is 0 Å². The molecule has 3 aliphatic carbocycles. The molecule has 0 saturated heterocycles. The van der Waals surface area contributed by atoms with Crippen molar-refractivity contribution in [3.63, 3.8) is 0 Å². The number of nitrogens with zero attached hydrogens (tertiary/aromatic N) is 5. The van der Waals surface area contributed by atoms with Gasteiger partial charge in [0.2, 0.25) is 0 Å². The lowest BCUT2D eigenvalue weighted by atomic mass is 9.82. The summed E-state index contributed by atoms with van der Waals surface area (Å²) < 4.78 is 0. The molecule has 5 nitrogen and oxygen atoms in total. The van der Waals surface area contributed by atoms with Crippen LogP contribution < -0.4 is 0 Å². The van der Waals surface area contributed by atoms with Gasteiger partial charge in [-0.25, -0.2) is 15.0 Å². The van der Waals surface area contributed by atoms with Gasteiger partial charge in [0, 0.05) is 24.8 Å². The topological polar surface area (TPSA) is 63.4 Å². The van der Waals surface area contributed by atoms with Gasteiger partial charge in [-0.2, -0.15) is 0 Å². The van der Waals surface area contributed by atoms with Gasteiger partial charge in [-0.3, -0.25) is 9.98 Å². The van der Waals surface area contributed by atoms with Crippen molar-refractivity contribution >= 4 is 51.3 Å². The predicted octanol–water partition coefficient (Wildman–Crippen LogP) is 13.6. The maximum Gasteiger partial charge on any atom is 0.178 e. The van der Waals surface area contributed by atoms with Crippen LogP contribution >= 0.6 is 0 Å². The SMILES string of the molecule is C=N/C=C\C=NCc1cc(-c2ccc3c(-c4ccc5c(c4)C4CC4C=C5)c4cc(C5CCCC5)ccc4c(-c4ccc5ccccc5c4)c3c2)cc(-c2ncccn2)n1. The minimum absolute atomic E-state index is 0.401. The quantitative estimate of drug-likeness (QED) is 0.109. The molecule has 0 spiro atoms. The monoisotopic (exact) mass is 761 g/mol. The van der Waals surface area contributed by atoms with E-state index in [0.29, 0.717) is 35.8 Å². The fourth-order valence-electron chi connectivity index (χ4n) is 9.81. The Morgan fingerprint density at radius 3 is 2.29 bits per heavy atom. The van der Waals surface area contributed by atoms with Gasteiger partial charge in [0.15, 0.2) is 5.82 Å². The molecule has 0 bridgehead atoms. The molecule has 6 aromatic carbocycles. The maximum atomic E-state index is 4.98. The molecule has 2 atom stereocenters. The van der Waals surface area contributed by atoms with Crippen LogP contribution in [0, 0.1) is 5.92 Å². The van der Waals surface area contributed by atoms with Crippen LogP contribution in [0.4, 0.5) is 0 Å². The third-order valence-electron chi connectivity index (χ3n) is 12.8. The molecule has 0 radical (unpaired) electrons. The van der Waals surface area contributed by atoms with E-state index in [0.717, 1.165) is 16.8 Å². The van der Waals surface area contributed by atoms with Crippen molar-refractivity contribution in [2.75, 3.05) is 0 Å². The molecule has 2 unspecified atom stereocenters. The second kappa shape index (κ2) is 14.8. The van der Waals surface area contributed by atoms with E-state index in [9.17, 15) is 0 Å². The molecular weight excluding hydrogens is 719 g/mol. The number of rotatable bonds is 9. The highest BCUT2D eigenvalue weighted by molar-refractivity contribution is 6.22. The number of pyridine rings is 1. The summed E-state index contributed by atoms with van der Waals surface area (Å²) in [6, 6.07) is 43.5. The molecule has 2 saturated carbocycles. The average molecular weight is 762 g/mol. The Bertz CT molecular complexity index is 3040. The van der Waals surface area contributed by atoms with Crippen LogP contribution in [0.1, 0.15) is 66.3 Å². The van der Waals surface area contributed by atoms with E-state index in [2.05, 4.69) is 148 Å². The van der Waals surface area contributed by atoms with Crippen molar-refractivity contribution < 1.29 is 0 Å². The predicted molar refractivity (Wildman–Crippen MR) is 246 cm³/mol. The van der Waals surface area contributed by atoms with Gasteiger partial charge in [0.1, 0.15) is 5.69 Å². The first-order valence-corrected chi connectivity index (χ1v) is 20.9. The van der Waals surface area contributed by atoms with Gasteiger partial charge in [-0.1, -0.05) is 110 Å². The van der Waals surface area contributed by atoms with E-state index in [1.807, 2.05) is 6.07 Å². The molecule has 0 aliphatic heterocycles. The lowest BCUT2D eigenvalue weighted by molar-refractivity contribution is 0.724. The molecule has 0 amide bonds. The average Bonchev–Trinajstić information content (AvgIpc) is 3.90. The molecule has 284 valence electrons. The normalized spacial score (nSPS) is 17.4. The number of aromatic nitrogens is 3. The van der Waals surface area contributed by atoms with Crippen molar-refractivity contribution in [2.24, 2.45) is 15.9 Å². The van der Waals surface area contributed by atoms with E-state index < -0.39 is 0 Å². The summed E-state index contributed by atoms with van der Waals surface area (Å²) in [7, 11) is 0. The highest BCUT2D eigenvalue weighted by Crippen LogP contribution is 2.54. The Balaban J connectivity index is 1.18. The molecule has 2 aromatic heterocycles. The van der Waals surface area contributed by atoms with Gasteiger partial charge in [-0.05, 0) is 163 Å². The summed E-state index contributed by atoms with van der Waals surface area (Å²) in [5.74, 6) is 2.51. The summed E-state index contributed by atoms with van der Waals surface area (Å²) in [5, 5.41) is 7.59. The van der Waals surface area contributed by atoms with Crippen molar-refractivity contribution in [1.29, 1.82) is 0 Å². The first-order chi connectivity index (χ1) is 29.2. The second-order valence-electron chi connectivity index (χ2n) is 16.4. The summed E-state index contributed by atoms with van der Waals surface area (Å²) in [6.07, 6.45) is 19.8. The summed E-state index contributed by atoms with van der Waals surface area (Å²) in [5.41, 5.74) is 13.1. The van der Waals surface area contributed by atoms with E-state index in [1.54, 1.807) is 30.9 Å². The standard InChI is InChI=1S/C54H43N5/c1-55-22-6-23-56-33-44-27-43(32-51(59-44)54-57-24-7-25-58-54)39-19-21-46-50(29-39)52(41-16-12-35-10-4-5-11-37(35)26-41)45-20-18-38(34-8-2-3-9-34)28-49(45)53(46)42-17-14-36-13-15-40-30-48(40)47(36)31-42/h4-7,10-29,31-32,34,40,48H,1-3,8-9,30,33H2/b22-6-,56-23?. The number of allylic oxidation sites excluding steroid dienone is 2. The Morgan fingerprint density at radius 1 is 0.678 bits per heavy atom. The lowest BCUT2D eigenvalue weighted by Gasteiger charge is -2.22. The van der Waals surface area contributed by atoms with Crippen molar-refractivity contribution in [2.45, 2.75) is 50.5 Å². The van der Waals surface area contributed by atoms with E-state index in [-0.39, 0.29) is 0 Å². The van der Waals surface area contributed by atoms with E-state index >= 15 is 0 Å². The number of hydrogen-bond acceptors (Lipinski definition) is 5. The molecule has 11 rings (SSSR count). The second-order valence-corrected chi connectivity index (χ2v) is 16.4. The summed E-state index contributed by atoms with van der Waals surface area (Å²) >= 11 is 0. The maximum absolute atomic E-state index is 4.98. The zero-order valence-corrected chi connectivity index (χ0v) is 32.9.